The van der Waals surface area contributed by atoms with Crippen LogP contribution in [0.15, 0.2) is 12.3 Å². The molecule has 0 radical (unpaired) electrons. The van der Waals surface area contributed by atoms with E-state index < -0.39 is 0 Å². The van der Waals surface area contributed by atoms with Crippen molar-refractivity contribution in [1.82, 2.24) is 5.32 Å². The fourth-order valence-corrected chi connectivity index (χ4v) is 2.55. The zero-order valence-corrected chi connectivity index (χ0v) is 12.2. The Morgan fingerprint density at radius 1 is 1.45 bits per heavy atom. The maximum absolute atomic E-state index is 11.9. The maximum atomic E-state index is 11.9. The second-order valence-electron chi connectivity index (χ2n) is 5.42. The Balaban J connectivity index is 1.88. The first-order valence-corrected chi connectivity index (χ1v) is 7.18. The van der Waals surface area contributed by atoms with Crippen molar-refractivity contribution in [1.29, 1.82) is 0 Å². The lowest BCUT2D eigenvalue weighted by molar-refractivity contribution is -0.678. The highest BCUT2D eigenvalue weighted by Crippen LogP contribution is 2.26. The molecule has 1 aliphatic carbocycles. The van der Waals surface area contributed by atoms with E-state index >= 15 is 0 Å². The highest BCUT2D eigenvalue weighted by molar-refractivity contribution is 5.77. The van der Waals surface area contributed by atoms with Gasteiger partial charge in [-0.2, -0.15) is 0 Å². The summed E-state index contributed by atoms with van der Waals surface area (Å²) in [4.78, 5) is 11.9. The van der Waals surface area contributed by atoms with Gasteiger partial charge >= 0.3 is 0 Å². The molecule has 0 atom stereocenters. The Hall–Kier alpha value is -1.78. The van der Waals surface area contributed by atoms with Gasteiger partial charge in [0.15, 0.2) is 18.6 Å². The van der Waals surface area contributed by atoms with Gasteiger partial charge in [-0.1, -0.05) is 19.3 Å². The van der Waals surface area contributed by atoms with Gasteiger partial charge in [0.05, 0.1) is 0 Å². The molecule has 0 saturated heterocycles. The summed E-state index contributed by atoms with van der Waals surface area (Å²) in [7, 11) is 1.86. The minimum atomic E-state index is -0.123. The Morgan fingerprint density at radius 3 is 2.85 bits per heavy atom. The van der Waals surface area contributed by atoms with E-state index in [2.05, 4.69) is 5.32 Å². The van der Waals surface area contributed by atoms with E-state index in [1.807, 2.05) is 18.5 Å². The SMILES string of the molecule is Cc1c(OCC(=O)NC2CCCCC2)c(O)cc[n+]1C. The second kappa shape index (κ2) is 6.59. The van der Waals surface area contributed by atoms with Crippen molar-refractivity contribution in [2.75, 3.05) is 6.61 Å². The van der Waals surface area contributed by atoms with Crippen LogP contribution >= 0.6 is 0 Å². The van der Waals surface area contributed by atoms with Crippen LogP contribution in [0.4, 0.5) is 0 Å². The lowest BCUT2D eigenvalue weighted by atomic mass is 9.95. The molecule has 1 aromatic rings. The lowest BCUT2D eigenvalue weighted by Gasteiger charge is -2.22. The Kier molecular flexibility index (Phi) is 4.82. The first kappa shape index (κ1) is 14.6. The van der Waals surface area contributed by atoms with E-state index in [-0.39, 0.29) is 24.3 Å². The number of aryl methyl sites for hydroxylation is 1. The van der Waals surface area contributed by atoms with Crippen LogP contribution in [0.25, 0.3) is 0 Å². The molecule has 20 heavy (non-hydrogen) atoms. The molecule has 1 aromatic heterocycles. The van der Waals surface area contributed by atoms with Crippen LogP contribution in [0.3, 0.4) is 0 Å². The molecule has 1 amide bonds. The summed E-state index contributed by atoms with van der Waals surface area (Å²) in [5.74, 6) is 0.307. The molecule has 0 bridgehead atoms. The highest BCUT2D eigenvalue weighted by Gasteiger charge is 2.19. The monoisotopic (exact) mass is 279 g/mol. The minimum Gasteiger partial charge on any atom is -0.504 e. The van der Waals surface area contributed by atoms with Crippen LogP contribution in [-0.4, -0.2) is 23.7 Å². The zero-order valence-electron chi connectivity index (χ0n) is 12.2. The topological polar surface area (TPSA) is 62.4 Å². The van der Waals surface area contributed by atoms with Gasteiger partial charge in [0.2, 0.25) is 11.4 Å². The van der Waals surface area contributed by atoms with Crippen molar-refractivity contribution >= 4 is 5.91 Å². The predicted molar refractivity (Wildman–Crippen MR) is 74.5 cm³/mol. The predicted octanol–water partition coefficient (Wildman–Crippen LogP) is 1.35. The van der Waals surface area contributed by atoms with Gasteiger partial charge in [-0.25, -0.2) is 4.57 Å². The molecular formula is C15H23N2O3+. The average molecular weight is 279 g/mol. The molecule has 0 aromatic carbocycles. The number of nitrogens with one attached hydrogen (secondary N) is 1. The number of amides is 1. The van der Waals surface area contributed by atoms with Crippen molar-refractivity contribution in [3.8, 4) is 11.5 Å². The molecule has 0 spiro atoms. The fraction of sp³-hybridized carbons (Fsp3) is 0.600. The summed E-state index contributed by atoms with van der Waals surface area (Å²) in [5, 5.41) is 12.8. The van der Waals surface area contributed by atoms with Gasteiger partial charge in [0.25, 0.3) is 5.91 Å². The van der Waals surface area contributed by atoms with E-state index in [4.69, 9.17) is 4.74 Å². The number of carbonyl (C=O) groups is 1. The molecule has 110 valence electrons. The van der Waals surface area contributed by atoms with Crippen LogP contribution in [-0.2, 0) is 11.8 Å². The smallest absolute Gasteiger partial charge is 0.258 e. The summed E-state index contributed by atoms with van der Waals surface area (Å²) >= 11 is 0. The molecular weight excluding hydrogens is 256 g/mol. The van der Waals surface area contributed by atoms with Crippen LogP contribution in [0.1, 0.15) is 37.8 Å². The van der Waals surface area contributed by atoms with E-state index in [1.54, 1.807) is 12.3 Å². The van der Waals surface area contributed by atoms with Crippen LogP contribution in [0, 0.1) is 6.92 Å². The molecule has 0 unspecified atom stereocenters. The van der Waals surface area contributed by atoms with Crippen molar-refractivity contribution in [3.63, 3.8) is 0 Å². The molecule has 0 aliphatic heterocycles. The number of rotatable bonds is 4. The number of aromatic nitrogens is 1. The first-order valence-electron chi connectivity index (χ1n) is 7.18. The number of aromatic hydroxyl groups is 1. The largest absolute Gasteiger partial charge is 0.504 e. The van der Waals surface area contributed by atoms with E-state index in [0.717, 1.165) is 18.5 Å². The van der Waals surface area contributed by atoms with Gasteiger partial charge in [-0.05, 0) is 12.8 Å². The molecule has 5 nitrogen and oxygen atoms in total. The summed E-state index contributed by atoms with van der Waals surface area (Å²) in [6.07, 6.45) is 7.48. The van der Waals surface area contributed by atoms with Gasteiger partial charge in [-0.15, -0.1) is 0 Å². The highest BCUT2D eigenvalue weighted by atomic mass is 16.5. The summed E-state index contributed by atoms with van der Waals surface area (Å²) in [5.41, 5.74) is 0.787. The number of ether oxygens (including phenoxy) is 1. The molecule has 2 N–H and O–H groups in total. The Morgan fingerprint density at radius 2 is 2.15 bits per heavy atom. The molecule has 1 saturated carbocycles. The molecule has 1 fully saturated rings. The third-order valence-electron chi connectivity index (χ3n) is 3.86. The molecule has 1 aliphatic rings. The number of pyridine rings is 1. The number of hydrogen-bond acceptors (Lipinski definition) is 3. The molecule has 2 rings (SSSR count). The maximum Gasteiger partial charge on any atom is 0.258 e. The fourth-order valence-electron chi connectivity index (χ4n) is 2.55. The van der Waals surface area contributed by atoms with E-state index in [0.29, 0.717) is 5.75 Å². The average Bonchev–Trinajstić information content (AvgIpc) is 2.44. The lowest BCUT2D eigenvalue weighted by Crippen LogP contribution is -2.39. The summed E-state index contributed by atoms with van der Waals surface area (Å²) in [6, 6.07) is 1.84. The van der Waals surface area contributed by atoms with Gasteiger partial charge in [0.1, 0.15) is 7.05 Å². The third kappa shape index (κ3) is 3.62. The third-order valence-corrected chi connectivity index (χ3v) is 3.86. The second-order valence-corrected chi connectivity index (χ2v) is 5.42. The minimum absolute atomic E-state index is 0.0606. The van der Waals surface area contributed by atoms with Gasteiger partial charge < -0.3 is 15.2 Å². The normalized spacial score (nSPS) is 15.9. The van der Waals surface area contributed by atoms with E-state index in [9.17, 15) is 9.90 Å². The van der Waals surface area contributed by atoms with Crippen molar-refractivity contribution in [2.24, 2.45) is 7.05 Å². The quantitative estimate of drug-likeness (QED) is 0.818. The number of carbonyl (C=O) groups excluding carboxylic acids is 1. The summed E-state index contributed by atoms with van der Waals surface area (Å²) in [6.45, 7) is 1.78. The number of hydrogen-bond donors (Lipinski definition) is 2. The Bertz CT molecular complexity index is 482. The molecule has 1 heterocycles. The van der Waals surface area contributed by atoms with Crippen LogP contribution in [0.2, 0.25) is 0 Å². The van der Waals surface area contributed by atoms with E-state index in [1.165, 1.54) is 19.3 Å². The zero-order chi connectivity index (χ0) is 14.5. The van der Waals surface area contributed by atoms with Crippen LogP contribution < -0.4 is 14.6 Å². The van der Waals surface area contributed by atoms with Crippen molar-refractivity contribution < 1.29 is 19.2 Å². The van der Waals surface area contributed by atoms with Crippen molar-refractivity contribution in [2.45, 2.75) is 45.1 Å². The first-order chi connectivity index (χ1) is 9.58. The van der Waals surface area contributed by atoms with Crippen LogP contribution in [0.5, 0.6) is 11.5 Å². The number of nitrogens with zero attached hydrogens (tertiary/aromatic N) is 1. The van der Waals surface area contributed by atoms with Crippen molar-refractivity contribution in [3.05, 3.63) is 18.0 Å². The summed E-state index contributed by atoms with van der Waals surface area (Å²) < 4.78 is 7.31. The molecule has 5 heteroatoms. The van der Waals surface area contributed by atoms with Gasteiger partial charge in [-0.3, -0.25) is 4.79 Å². The van der Waals surface area contributed by atoms with Gasteiger partial charge in [0, 0.05) is 19.0 Å². The standard InChI is InChI=1S/C15H22N2O3/c1-11-15(13(18)8-9-17(11)2)20-10-14(19)16-12-6-4-3-5-7-12/h8-9,12H,3-7,10H2,1-2H3,(H,16,19)/p+1. The Labute approximate surface area is 119 Å².